The molecule has 0 aromatic heterocycles. The second kappa shape index (κ2) is 8.59. The average molecular weight is 402 g/mol. The molecule has 2 fully saturated rings. The molecule has 0 aliphatic carbocycles. The number of para-hydroxylation sites is 1. The van der Waals surface area contributed by atoms with Gasteiger partial charge >= 0.3 is 0 Å². The number of anilines is 1. The molecule has 0 unspecified atom stereocenters. The fourth-order valence-electron chi connectivity index (χ4n) is 3.82. The van der Waals surface area contributed by atoms with Gasteiger partial charge in [-0.15, -0.1) is 12.4 Å². The standard InChI is InChI=1S/C18H27N3O3S.ClH/c1-2-13-25(23,24)20-16-6-4-3-5-15(16)17(22)21-11-8-18(9-12-21)7-10-19-14-18;/h3-6,19-20H,2,7-14H2,1H3;1H. The molecule has 0 saturated carbocycles. The number of carbonyl (C=O) groups is 1. The van der Waals surface area contributed by atoms with Crippen molar-refractivity contribution in [2.45, 2.75) is 32.6 Å². The Bertz CT molecular complexity index is 723. The third kappa shape index (κ3) is 4.69. The number of sulfonamides is 1. The van der Waals surface area contributed by atoms with Crippen molar-refractivity contribution in [1.82, 2.24) is 10.2 Å². The van der Waals surface area contributed by atoms with E-state index in [0.717, 1.165) is 39.0 Å². The van der Waals surface area contributed by atoms with E-state index in [0.29, 0.717) is 23.1 Å². The van der Waals surface area contributed by atoms with E-state index in [9.17, 15) is 13.2 Å². The van der Waals surface area contributed by atoms with Gasteiger partial charge in [-0.25, -0.2) is 8.42 Å². The van der Waals surface area contributed by atoms with Crippen LogP contribution in [0.2, 0.25) is 0 Å². The van der Waals surface area contributed by atoms with Crippen molar-refractivity contribution >= 4 is 34.0 Å². The van der Waals surface area contributed by atoms with Gasteiger partial charge in [-0.3, -0.25) is 9.52 Å². The van der Waals surface area contributed by atoms with Gasteiger partial charge in [0.1, 0.15) is 0 Å². The van der Waals surface area contributed by atoms with E-state index in [1.807, 2.05) is 11.8 Å². The summed E-state index contributed by atoms with van der Waals surface area (Å²) in [7, 11) is -3.42. The van der Waals surface area contributed by atoms with E-state index in [2.05, 4.69) is 10.0 Å². The Morgan fingerprint density at radius 3 is 2.54 bits per heavy atom. The fraction of sp³-hybridized carbons (Fsp3) is 0.611. The largest absolute Gasteiger partial charge is 0.339 e. The zero-order valence-corrected chi connectivity index (χ0v) is 16.8. The Labute approximate surface area is 162 Å². The van der Waals surface area contributed by atoms with Gasteiger partial charge in [-0.2, -0.15) is 0 Å². The summed E-state index contributed by atoms with van der Waals surface area (Å²) < 4.78 is 26.7. The number of halogens is 1. The maximum atomic E-state index is 12.9. The van der Waals surface area contributed by atoms with Crippen molar-refractivity contribution in [1.29, 1.82) is 0 Å². The molecule has 3 rings (SSSR count). The lowest BCUT2D eigenvalue weighted by Crippen LogP contribution is -2.44. The maximum absolute atomic E-state index is 12.9. The molecule has 2 aliphatic heterocycles. The topological polar surface area (TPSA) is 78.5 Å². The Balaban J connectivity index is 0.00000243. The molecule has 1 amide bonds. The van der Waals surface area contributed by atoms with Gasteiger partial charge in [-0.05, 0) is 49.8 Å². The molecule has 0 radical (unpaired) electrons. The van der Waals surface area contributed by atoms with Crippen LogP contribution in [-0.4, -0.2) is 51.2 Å². The highest BCUT2D eigenvalue weighted by atomic mass is 35.5. The quantitative estimate of drug-likeness (QED) is 0.794. The zero-order valence-electron chi connectivity index (χ0n) is 15.2. The van der Waals surface area contributed by atoms with E-state index < -0.39 is 10.0 Å². The van der Waals surface area contributed by atoms with E-state index in [-0.39, 0.29) is 24.1 Å². The Hall–Kier alpha value is -1.31. The number of piperidine rings is 1. The summed E-state index contributed by atoms with van der Waals surface area (Å²) in [5, 5.41) is 3.43. The summed E-state index contributed by atoms with van der Waals surface area (Å²) in [5.74, 6) is -0.0370. The lowest BCUT2D eigenvalue weighted by Gasteiger charge is -2.39. The van der Waals surface area contributed by atoms with Crippen molar-refractivity contribution in [2.24, 2.45) is 5.41 Å². The molecular formula is C18H28ClN3O3S. The zero-order chi connectivity index (χ0) is 17.9. The number of amides is 1. The highest BCUT2D eigenvalue weighted by Gasteiger charge is 2.38. The minimum Gasteiger partial charge on any atom is -0.339 e. The minimum absolute atomic E-state index is 0. The van der Waals surface area contributed by atoms with Gasteiger partial charge in [-0.1, -0.05) is 19.1 Å². The van der Waals surface area contributed by atoms with Gasteiger partial charge in [0, 0.05) is 19.6 Å². The number of hydrogen-bond donors (Lipinski definition) is 2. The molecule has 1 aromatic carbocycles. The van der Waals surface area contributed by atoms with E-state index in [1.165, 1.54) is 6.42 Å². The number of nitrogens with zero attached hydrogens (tertiary/aromatic N) is 1. The first-order chi connectivity index (χ1) is 11.9. The molecule has 2 aliphatic rings. The van der Waals surface area contributed by atoms with Crippen LogP contribution in [0.3, 0.4) is 0 Å². The van der Waals surface area contributed by atoms with Crippen LogP contribution in [0, 0.1) is 5.41 Å². The lowest BCUT2D eigenvalue weighted by atomic mass is 9.78. The van der Waals surface area contributed by atoms with Crippen molar-refractivity contribution < 1.29 is 13.2 Å². The van der Waals surface area contributed by atoms with Crippen LogP contribution in [-0.2, 0) is 10.0 Å². The molecule has 146 valence electrons. The van der Waals surface area contributed by atoms with Crippen LogP contribution >= 0.6 is 12.4 Å². The van der Waals surface area contributed by atoms with Crippen LogP contribution in [0.15, 0.2) is 24.3 Å². The van der Waals surface area contributed by atoms with Crippen molar-refractivity contribution in [3.05, 3.63) is 29.8 Å². The van der Waals surface area contributed by atoms with Crippen LogP contribution in [0.4, 0.5) is 5.69 Å². The monoisotopic (exact) mass is 401 g/mol. The molecule has 6 nitrogen and oxygen atoms in total. The minimum atomic E-state index is -3.42. The molecule has 26 heavy (non-hydrogen) atoms. The molecular weight excluding hydrogens is 374 g/mol. The van der Waals surface area contributed by atoms with Crippen molar-refractivity contribution in [3.8, 4) is 0 Å². The summed E-state index contributed by atoms with van der Waals surface area (Å²) in [4.78, 5) is 14.8. The van der Waals surface area contributed by atoms with Gasteiger partial charge in [0.05, 0.1) is 17.0 Å². The summed E-state index contributed by atoms with van der Waals surface area (Å²) in [6, 6.07) is 6.88. The molecule has 2 N–H and O–H groups in total. The predicted octanol–water partition coefficient (Wildman–Crippen LogP) is 2.48. The lowest BCUT2D eigenvalue weighted by molar-refractivity contribution is 0.0609. The van der Waals surface area contributed by atoms with E-state index in [1.54, 1.807) is 24.3 Å². The first kappa shape index (κ1) is 21.0. The van der Waals surface area contributed by atoms with E-state index >= 15 is 0 Å². The molecule has 8 heteroatoms. The smallest absolute Gasteiger partial charge is 0.255 e. The molecule has 2 saturated heterocycles. The van der Waals surface area contributed by atoms with E-state index in [4.69, 9.17) is 0 Å². The maximum Gasteiger partial charge on any atom is 0.255 e. The van der Waals surface area contributed by atoms with Gasteiger partial charge in [0.2, 0.25) is 10.0 Å². The van der Waals surface area contributed by atoms with Gasteiger partial charge in [0.25, 0.3) is 5.91 Å². The second-order valence-corrected chi connectivity index (χ2v) is 9.03. The highest BCUT2D eigenvalue weighted by Crippen LogP contribution is 2.37. The number of benzene rings is 1. The SMILES string of the molecule is CCCS(=O)(=O)Nc1ccccc1C(=O)N1CCC2(CCNC2)CC1.Cl. The number of rotatable bonds is 5. The van der Waals surface area contributed by atoms with Crippen LogP contribution in [0.25, 0.3) is 0 Å². The second-order valence-electron chi connectivity index (χ2n) is 7.19. The summed E-state index contributed by atoms with van der Waals surface area (Å²) in [6.07, 6.45) is 3.74. The van der Waals surface area contributed by atoms with Crippen LogP contribution < -0.4 is 10.0 Å². The summed E-state index contributed by atoms with van der Waals surface area (Å²) in [5.41, 5.74) is 1.16. The Morgan fingerprint density at radius 2 is 1.92 bits per heavy atom. The Morgan fingerprint density at radius 1 is 1.23 bits per heavy atom. The number of likely N-dealkylation sites (tertiary alicyclic amines) is 1. The van der Waals surface area contributed by atoms with Crippen molar-refractivity contribution in [3.63, 3.8) is 0 Å². The fourth-order valence-corrected chi connectivity index (χ4v) is 4.98. The highest BCUT2D eigenvalue weighted by molar-refractivity contribution is 7.92. The molecule has 1 spiro atoms. The third-order valence-corrected chi connectivity index (χ3v) is 6.82. The number of nitrogens with one attached hydrogen (secondary N) is 2. The first-order valence-corrected chi connectivity index (χ1v) is 10.7. The predicted molar refractivity (Wildman–Crippen MR) is 106 cm³/mol. The normalized spacial score (nSPS) is 19.2. The molecule has 0 bridgehead atoms. The summed E-state index contributed by atoms with van der Waals surface area (Å²) >= 11 is 0. The van der Waals surface area contributed by atoms with Gasteiger partial charge in [0.15, 0.2) is 0 Å². The molecule has 2 heterocycles. The van der Waals surface area contributed by atoms with Gasteiger partial charge < -0.3 is 10.2 Å². The van der Waals surface area contributed by atoms with Crippen LogP contribution in [0.1, 0.15) is 43.0 Å². The first-order valence-electron chi connectivity index (χ1n) is 9.04. The number of carbonyl (C=O) groups excluding carboxylic acids is 1. The molecule has 1 aromatic rings. The Kier molecular flexibility index (Phi) is 6.93. The number of hydrogen-bond acceptors (Lipinski definition) is 4. The average Bonchev–Trinajstić information content (AvgIpc) is 3.03. The van der Waals surface area contributed by atoms with Crippen LogP contribution in [0.5, 0.6) is 0 Å². The summed E-state index contributed by atoms with van der Waals surface area (Å²) in [6.45, 7) is 5.39. The molecule has 0 atom stereocenters. The van der Waals surface area contributed by atoms with Crippen molar-refractivity contribution in [2.75, 3.05) is 36.7 Å². The third-order valence-electron chi connectivity index (χ3n) is 5.34.